The van der Waals surface area contributed by atoms with Gasteiger partial charge in [0.15, 0.2) is 0 Å². The van der Waals surface area contributed by atoms with E-state index in [1.54, 1.807) is 0 Å². The van der Waals surface area contributed by atoms with E-state index in [9.17, 15) is 0 Å². The Labute approximate surface area is 101 Å². The topological polar surface area (TPSA) is 15.3 Å². The molecule has 2 nitrogen and oxygen atoms in total. The summed E-state index contributed by atoms with van der Waals surface area (Å²) in [5, 5.41) is 3.73. The first-order chi connectivity index (χ1) is 7.77. The lowest BCUT2D eigenvalue weighted by atomic mass is 10.00. The van der Waals surface area contributed by atoms with Gasteiger partial charge >= 0.3 is 0 Å². The van der Waals surface area contributed by atoms with Crippen LogP contribution < -0.4 is 5.32 Å². The minimum Gasteiger partial charge on any atom is -0.313 e. The van der Waals surface area contributed by atoms with Crippen molar-refractivity contribution >= 4 is 0 Å². The van der Waals surface area contributed by atoms with Crippen molar-refractivity contribution in [3.63, 3.8) is 0 Å². The molecule has 16 heavy (non-hydrogen) atoms. The molecular formula is C14H28N2. The van der Waals surface area contributed by atoms with Gasteiger partial charge in [0.25, 0.3) is 0 Å². The van der Waals surface area contributed by atoms with Crippen LogP contribution in [-0.4, -0.2) is 36.6 Å². The van der Waals surface area contributed by atoms with Crippen LogP contribution in [0, 0.1) is 5.92 Å². The molecule has 2 atom stereocenters. The maximum Gasteiger partial charge on any atom is 0.0110 e. The van der Waals surface area contributed by atoms with Crippen molar-refractivity contribution in [1.82, 2.24) is 10.2 Å². The highest BCUT2D eigenvalue weighted by atomic mass is 15.2. The van der Waals surface area contributed by atoms with Crippen molar-refractivity contribution in [1.29, 1.82) is 0 Å². The number of nitrogens with zero attached hydrogens (tertiary/aromatic N) is 1. The van der Waals surface area contributed by atoms with Gasteiger partial charge in [0.1, 0.15) is 0 Å². The van der Waals surface area contributed by atoms with E-state index in [0.29, 0.717) is 0 Å². The van der Waals surface area contributed by atoms with Crippen molar-refractivity contribution in [2.75, 3.05) is 19.6 Å². The Morgan fingerprint density at radius 3 is 2.56 bits per heavy atom. The summed E-state index contributed by atoms with van der Waals surface area (Å²) in [7, 11) is 0. The predicted molar refractivity (Wildman–Crippen MR) is 69.7 cm³/mol. The van der Waals surface area contributed by atoms with Gasteiger partial charge < -0.3 is 5.32 Å². The lowest BCUT2D eigenvalue weighted by molar-refractivity contribution is 0.257. The molecule has 2 rings (SSSR count). The molecule has 0 aromatic heterocycles. The molecule has 1 saturated heterocycles. The first kappa shape index (κ1) is 12.4. The summed E-state index contributed by atoms with van der Waals surface area (Å²) < 4.78 is 0. The van der Waals surface area contributed by atoms with E-state index in [1.165, 1.54) is 58.2 Å². The van der Waals surface area contributed by atoms with Crippen LogP contribution in [-0.2, 0) is 0 Å². The van der Waals surface area contributed by atoms with E-state index in [4.69, 9.17) is 0 Å². The fraction of sp³-hybridized carbons (Fsp3) is 1.00. The largest absolute Gasteiger partial charge is 0.313 e. The number of rotatable bonds is 5. The van der Waals surface area contributed by atoms with Crippen LogP contribution in [0.15, 0.2) is 0 Å². The van der Waals surface area contributed by atoms with Gasteiger partial charge in [-0.05, 0) is 52.0 Å². The number of hydrogen-bond donors (Lipinski definition) is 1. The molecule has 2 fully saturated rings. The molecular weight excluding hydrogens is 196 g/mol. The summed E-state index contributed by atoms with van der Waals surface area (Å²) in [6, 6.07) is 1.56. The van der Waals surface area contributed by atoms with Crippen LogP contribution in [0.2, 0.25) is 0 Å². The zero-order chi connectivity index (χ0) is 11.4. The summed E-state index contributed by atoms with van der Waals surface area (Å²) in [5.74, 6) is 0.955. The minimum atomic E-state index is 0.736. The lowest BCUT2D eigenvalue weighted by Crippen LogP contribution is -2.39. The Kier molecular flexibility index (Phi) is 4.66. The summed E-state index contributed by atoms with van der Waals surface area (Å²) in [4.78, 5) is 2.63. The van der Waals surface area contributed by atoms with Gasteiger partial charge in [-0.3, -0.25) is 4.90 Å². The summed E-state index contributed by atoms with van der Waals surface area (Å²) in [6.45, 7) is 8.50. The Morgan fingerprint density at radius 1 is 1.19 bits per heavy atom. The van der Waals surface area contributed by atoms with Crippen molar-refractivity contribution in [3.05, 3.63) is 0 Å². The van der Waals surface area contributed by atoms with Crippen molar-refractivity contribution < 1.29 is 0 Å². The molecule has 0 bridgehead atoms. The molecule has 2 heteroatoms. The molecule has 0 aromatic rings. The maximum absolute atomic E-state index is 3.73. The average molecular weight is 224 g/mol. The van der Waals surface area contributed by atoms with Gasteiger partial charge in [-0.25, -0.2) is 0 Å². The number of hydrogen-bond acceptors (Lipinski definition) is 2. The molecule has 1 aliphatic heterocycles. The summed E-state index contributed by atoms with van der Waals surface area (Å²) in [5.41, 5.74) is 0. The van der Waals surface area contributed by atoms with Crippen LogP contribution in [0.25, 0.3) is 0 Å². The van der Waals surface area contributed by atoms with Gasteiger partial charge in [0, 0.05) is 25.2 Å². The fourth-order valence-electron chi connectivity index (χ4n) is 3.38. The minimum absolute atomic E-state index is 0.736. The van der Waals surface area contributed by atoms with Gasteiger partial charge in [0.2, 0.25) is 0 Å². The SMILES string of the molecule is CC(NCCN1CCCC1C)C1CCCC1. The standard InChI is InChI=1S/C14H28N2/c1-12-6-5-10-16(12)11-9-15-13(2)14-7-3-4-8-14/h12-15H,3-11H2,1-2H3. The normalized spacial score (nSPS) is 30.0. The van der Waals surface area contributed by atoms with E-state index in [0.717, 1.165) is 18.0 Å². The second kappa shape index (κ2) is 6.02. The summed E-state index contributed by atoms with van der Waals surface area (Å²) in [6.07, 6.45) is 8.62. The van der Waals surface area contributed by atoms with Crippen LogP contribution in [0.1, 0.15) is 52.4 Å². The molecule has 94 valence electrons. The monoisotopic (exact) mass is 224 g/mol. The molecule has 1 saturated carbocycles. The van der Waals surface area contributed by atoms with Gasteiger partial charge in [0.05, 0.1) is 0 Å². The smallest absolute Gasteiger partial charge is 0.0110 e. The first-order valence-electron chi connectivity index (χ1n) is 7.25. The van der Waals surface area contributed by atoms with Gasteiger partial charge in [-0.2, -0.15) is 0 Å². The third-order valence-electron chi connectivity index (χ3n) is 4.66. The van der Waals surface area contributed by atoms with Crippen LogP contribution in [0.5, 0.6) is 0 Å². The van der Waals surface area contributed by atoms with Gasteiger partial charge in [-0.15, -0.1) is 0 Å². The summed E-state index contributed by atoms with van der Waals surface area (Å²) >= 11 is 0. The van der Waals surface area contributed by atoms with Gasteiger partial charge in [-0.1, -0.05) is 12.8 Å². The van der Waals surface area contributed by atoms with Crippen LogP contribution >= 0.6 is 0 Å². The molecule has 0 amide bonds. The predicted octanol–water partition coefficient (Wildman–Crippen LogP) is 2.64. The van der Waals surface area contributed by atoms with Crippen LogP contribution in [0.4, 0.5) is 0 Å². The zero-order valence-corrected chi connectivity index (χ0v) is 11.0. The van der Waals surface area contributed by atoms with E-state index in [1.807, 2.05) is 0 Å². The third kappa shape index (κ3) is 3.21. The van der Waals surface area contributed by atoms with Crippen molar-refractivity contribution in [2.45, 2.75) is 64.5 Å². The highest BCUT2D eigenvalue weighted by Gasteiger charge is 2.22. The molecule has 1 aliphatic carbocycles. The molecule has 1 heterocycles. The highest BCUT2D eigenvalue weighted by Crippen LogP contribution is 2.27. The second-order valence-electron chi connectivity index (χ2n) is 5.81. The zero-order valence-electron chi connectivity index (χ0n) is 11.0. The molecule has 1 N–H and O–H groups in total. The fourth-order valence-corrected chi connectivity index (χ4v) is 3.38. The van der Waals surface area contributed by atoms with Crippen molar-refractivity contribution in [2.24, 2.45) is 5.92 Å². The molecule has 0 radical (unpaired) electrons. The third-order valence-corrected chi connectivity index (χ3v) is 4.66. The molecule has 2 unspecified atom stereocenters. The van der Waals surface area contributed by atoms with Crippen LogP contribution in [0.3, 0.4) is 0 Å². The Balaban J connectivity index is 1.59. The first-order valence-corrected chi connectivity index (χ1v) is 7.25. The molecule has 2 aliphatic rings. The number of likely N-dealkylation sites (tertiary alicyclic amines) is 1. The van der Waals surface area contributed by atoms with E-state index in [-0.39, 0.29) is 0 Å². The lowest BCUT2D eigenvalue weighted by Gasteiger charge is -2.24. The molecule has 0 spiro atoms. The second-order valence-corrected chi connectivity index (χ2v) is 5.81. The van der Waals surface area contributed by atoms with E-state index in [2.05, 4.69) is 24.1 Å². The maximum atomic E-state index is 3.73. The Morgan fingerprint density at radius 2 is 1.94 bits per heavy atom. The molecule has 0 aromatic carbocycles. The Bertz CT molecular complexity index is 199. The van der Waals surface area contributed by atoms with E-state index >= 15 is 0 Å². The average Bonchev–Trinajstić information content (AvgIpc) is 2.90. The van der Waals surface area contributed by atoms with E-state index < -0.39 is 0 Å². The Hall–Kier alpha value is -0.0800. The number of nitrogens with one attached hydrogen (secondary N) is 1. The highest BCUT2D eigenvalue weighted by molar-refractivity contribution is 4.79. The van der Waals surface area contributed by atoms with Crippen molar-refractivity contribution in [3.8, 4) is 0 Å². The quantitative estimate of drug-likeness (QED) is 0.772.